The molecule has 0 radical (unpaired) electrons. The number of ether oxygens (including phenoxy) is 1. The molecule has 19 heavy (non-hydrogen) atoms. The third-order valence-electron chi connectivity index (χ3n) is 1.69. The number of rotatable bonds is 2. The van der Waals surface area contributed by atoms with Crippen LogP contribution in [0.5, 0.6) is 5.75 Å². The van der Waals surface area contributed by atoms with Crippen molar-refractivity contribution in [3.05, 3.63) is 23.3 Å². The van der Waals surface area contributed by atoms with Crippen molar-refractivity contribution in [2.75, 3.05) is 0 Å². The first-order valence-corrected chi connectivity index (χ1v) is 5.53. The number of hydrogen-bond acceptors (Lipinski definition) is 4. The summed E-state index contributed by atoms with van der Waals surface area (Å²) in [4.78, 5) is 8.25. The van der Waals surface area contributed by atoms with Crippen LogP contribution in [-0.2, 0) is 14.9 Å². The molecule has 0 bridgehead atoms. The van der Waals surface area contributed by atoms with Crippen LogP contribution in [0.4, 0.5) is 17.6 Å². The van der Waals surface area contributed by atoms with Crippen LogP contribution in [0.3, 0.4) is 0 Å². The van der Waals surface area contributed by atoms with Crippen molar-refractivity contribution in [1.82, 2.24) is 0 Å². The maximum atomic E-state index is 13.2. The monoisotopic (exact) mass is 312 g/mol. The third-order valence-corrected chi connectivity index (χ3v) is 2.56. The summed E-state index contributed by atoms with van der Waals surface area (Å²) >= 11 is 0. The molecule has 102 valence electrons. The summed E-state index contributed by atoms with van der Waals surface area (Å²) in [5.74, 6) is -12.3. The number of benzene rings is 1. The molecule has 0 unspecified atom stereocenters. The maximum absolute atomic E-state index is 13.2. The minimum absolute atomic E-state index is 0. The summed E-state index contributed by atoms with van der Waals surface area (Å²) < 4.78 is 86.0. The van der Waals surface area contributed by atoms with E-state index in [4.69, 9.17) is 4.55 Å². The van der Waals surface area contributed by atoms with Gasteiger partial charge in [-0.15, -0.1) is 0 Å². The molecule has 0 heterocycles. The normalized spacial score (nSPS) is 10.8. The van der Waals surface area contributed by atoms with Crippen molar-refractivity contribution in [2.45, 2.75) is 11.8 Å². The average Bonchev–Trinajstić information content (AvgIpc) is 2.19. The van der Waals surface area contributed by atoms with E-state index in [1.165, 1.54) is 0 Å². The summed E-state index contributed by atoms with van der Waals surface area (Å²) in [6, 6.07) is 0. The molecule has 0 aromatic heterocycles. The molecule has 1 N–H and O–H groups in total. The molecule has 5 nitrogen and oxygen atoms in total. The van der Waals surface area contributed by atoms with E-state index in [1.807, 2.05) is 0 Å². The van der Waals surface area contributed by atoms with E-state index in [2.05, 4.69) is 4.74 Å². The molecule has 11 heteroatoms. The van der Waals surface area contributed by atoms with Crippen LogP contribution in [0.15, 0.2) is 4.90 Å². The second kappa shape index (κ2) is 6.18. The number of carbonyl (C=O) groups excluding carboxylic acids is 1. The van der Waals surface area contributed by atoms with E-state index in [-0.39, 0.29) is 29.6 Å². The van der Waals surface area contributed by atoms with Crippen LogP contribution in [0.1, 0.15) is 6.92 Å². The topological polar surface area (TPSA) is 80.7 Å². The van der Waals surface area contributed by atoms with Crippen LogP contribution >= 0.6 is 0 Å². The van der Waals surface area contributed by atoms with Crippen molar-refractivity contribution < 1.29 is 40.1 Å². The van der Waals surface area contributed by atoms with E-state index in [0.717, 1.165) is 0 Å². The number of carbonyl (C=O) groups is 1. The zero-order valence-corrected chi connectivity index (χ0v) is 9.32. The van der Waals surface area contributed by atoms with Crippen LogP contribution in [0.2, 0.25) is 0 Å². The average molecular weight is 312 g/mol. The molecule has 1 aromatic rings. The molecular weight excluding hydrogens is 307 g/mol. The van der Waals surface area contributed by atoms with Gasteiger partial charge in [0, 0.05) is 6.92 Å². The van der Waals surface area contributed by atoms with Crippen molar-refractivity contribution in [1.29, 1.82) is 0 Å². The van der Waals surface area contributed by atoms with Gasteiger partial charge in [0.25, 0.3) is 0 Å². The predicted molar refractivity (Wildman–Crippen MR) is 54.5 cm³/mol. The van der Waals surface area contributed by atoms with Gasteiger partial charge in [-0.1, -0.05) is 0 Å². The fourth-order valence-corrected chi connectivity index (χ4v) is 1.68. The van der Waals surface area contributed by atoms with E-state index < -0.39 is 50.0 Å². The van der Waals surface area contributed by atoms with E-state index >= 15 is 0 Å². The van der Waals surface area contributed by atoms with Gasteiger partial charge in [0.1, 0.15) is 0 Å². The van der Waals surface area contributed by atoms with Crippen LogP contribution < -0.4 is 4.74 Å². The SMILES string of the molecule is CC(=O)Oc1c(F)c(F)c(S(=O)(=O)O)c(F)c1F.[NaH]. The van der Waals surface area contributed by atoms with E-state index in [1.54, 1.807) is 0 Å². The second-order valence-electron chi connectivity index (χ2n) is 2.98. The Labute approximate surface area is 126 Å². The molecule has 0 saturated carbocycles. The fraction of sp³-hybridized carbons (Fsp3) is 0.125. The van der Waals surface area contributed by atoms with Crippen molar-refractivity contribution >= 4 is 45.6 Å². The molecule has 0 spiro atoms. The molecule has 0 saturated heterocycles. The second-order valence-corrected chi connectivity index (χ2v) is 4.34. The van der Waals surface area contributed by atoms with Crippen molar-refractivity contribution in [3.63, 3.8) is 0 Å². The molecule has 0 fully saturated rings. The van der Waals surface area contributed by atoms with Gasteiger partial charge >= 0.3 is 45.6 Å². The molecule has 1 rings (SSSR count). The Hall–Kier alpha value is -0.680. The van der Waals surface area contributed by atoms with Crippen LogP contribution in [0, 0.1) is 23.3 Å². The number of halogens is 4. The zero-order valence-electron chi connectivity index (χ0n) is 8.50. The minimum atomic E-state index is -5.52. The predicted octanol–water partition coefficient (Wildman–Crippen LogP) is 0.767. The van der Waals surface area contributed by atoms with Gasteiger partial charge in [-0.05, 0) is 0 Å². The molecule has 0 aliphatic carbocycles. The first-order chi connectivity index (χ1) is 8.07. The molecule has 0 amide bonds. The summed E-state index contributed by atoms with van der Waals surface area (Å²) in [6.07, 6.45) is 0. The Bertz CT molecular complexity index is 602. The van der Waals surface area contributed by atoms with Gasteiger partial charge in [0.15, 0.2) is 16.5 Å². The summed E-state index contributed by atoms with van der Waals surface area (Å²) in [7, 11) is -5.52. The molecule has 0 aliphatic rings. The number of esters is 1. The first kappa shape index (κ1) is 18.3. The first-order valence-electron chi connectivity index (χ1n) is 4.09. The Morgan fingerprint density at radius 3 is 1.68 bits per heavy atom. The third kappa shape index (κ3) is 3.66. The Morgan fingerprint density at radius 2 is 1.42 bits per heavy atom. The fourth-order valence-electron chi connectivity index (χ4n) is 1.05. The molecule has 0 atom stereocenters. The van der Waals surface area contributed by atoms with Crippen LogP contribution in [-0.4, -0.2) is 48.5 Å². The Morgan fingerprint density at radius 1 is 1.05 bits per heavy atom. The molecule has 1 aromatic carbocycles. The molecular formula is C8H5F4NaO5S. The van der Waals surface area contributed by atoms with Crippen LogP contribution in [0.25, 0.3) is 0 Å². The Kier molecular flexibility index (Phi) is 5.96. The summed E-state index contributed by atoms with van der Waals surface area (Å²) in [6.45, 7) is 0.700. The van der Waals surface area contributed by atoms with Crippen molar-refractivity contribution in [2.24, 2.45) is 0 Å². The van der Waals surface area contributed by atoms with Gasteiger partial charge < -0.3 is 4.74 Å². The summed E-state index contributed by atoms with van der Waals surface area (Å²) in [5, 5.41) is 0. The van der Waals surface area contributed by atoms with Crippen molar-refractivity contribution in [3.8, 4) is 5.75 Å². The summed E-state index contributed by atoms with van der Waals surface area (Å²) in [5.41, 5.74) is 0. The van der Waals surface area contributed by atoms with E-state index in [0.29, 0.717) is 6.92 Å². The van der Waals surface area contributed by atoms with Gasteiger partial charge in [-0.3, -0.25) is 9.35 Å². The van der Waals surface area contributed by atoms with Gasteiger partial charge in [-0.25, -0.2) is 8.78 Å². The molecule has 0 aliphatic heterocycles. The Balaban J connectivity index is 0.00000324. The zero-order chi connectivity index (χ0) is 14.2. The van der Waals surface area contributed by atoms with Gasteiger partial charge in [0.2, 0.25) is 17.4 Å². The van der Waals surface area contributed by atoms with Gasteiger partial charge in [0.05, 0.1) is 0 Å². The van der Waals surface area contributed by atoms with E-state index in [9.17, 15) is 30.8 Å². The number of hydrogen-bond donors (Lipinski definition) is 1. The standard InChI is InChI=1S/C8H4F4O5S.Na.H/c1-2(13)17-7-3(9)5(11)8(18(14,15)16)6(12)4(7)10;;/h1H3,(H,14,15,16);;. The quantitative estimate of drug-likeness (QED) is 0.218. The van der Waals surface area contributed by atoms with Gasteiger partial charge in [-0.2, -0.15) is 17.2 Å².